The van der Waals surface area contributed by atoms with Crippen molar-refractivity contribution < 1.29 is 4.79 Å². The summed E-state index contributed by atoms with van der Waals surface area (Å²) >= 11 is 3.54. The Kier molecular flexibility index (Phi) is 4.43. The molecule has 1 heterocycles. The maximum Gasteiger partial charge on any atom is 0.272 e. The van der Waals surface area contributed by atoms with Crippen molar-refractivity contribution >= 4 is 21.8 Å². The van der Waals surface area contributed by atoms with Crippen molar-refractivity contribution in [1.29, 1.82) is 0 Å². The van der Waals surface area contributed by atoms with Crippen LogP contribution in [0.15, 0.2) is 6.07 Å². The van der Waals surface area contributed by atoms with E-state index in [0.717, 1.165) is 17.4 Å². The molecule has 4 nitrogen and oxygen atoms in total. The van der Waals surface area contributed by atoms with Gasteiger partial charge in [-0.3, -0.25) is 9.48 Å². The SMILES string of the molecule is Cc1cc(C(=O)NC2CCCCC2CBr)nn1C. The Bertz CT molecular complexity index is 410. The molecule has 1 fully saturated rings. The lowest BCUT2D eigenvalue weighted by Crippen LogP contribution is -2.42. The van der Waals surface area contributed by atoms with Gasteiger partial charge in [-0.15, -0.1) is 0 Å². The van der Waals surface area contributed by atoms with Crippen LogP contribution in [-0.4, -0.2) is 27.1 Å². The third kappa shape index (κ3) is 2.94. The average Bonchev–Trinajstić information content (AvgIpc) is 2.70. The number of amides is 1. The quantitative estimate of drug-likeness (QED) is 0.871. The highest BCUT2D eigenvalue weighted by Crippen LogP contribution is 2.26. The van der Waals surface area contributed by atoms with Crippen LogP contribution in [0.25, 0.3) is 0 Å². The van der Waals surface area contributed by atoms with Crippen LogP contribution in [-0.2, 0) is 7.05 Å². The van der Waals surface area contributed by atoms with Gasteiger partial charge in [-0.25, -0.2) is 0 Å². The smallest absolute Gasteiger partial charge is 0.272 e. The molecule has 0 saturated heterocycles. The van der Waals surface area contributed by atoms with Gasteiger partial charge in [0.2, 0.25) is 0 Å². The number of alkyl halides is 1. The Labute approximate surface area is 116 Å². The van der Waals surface area contributed by atoms with Crippen molar-refractivity contribution in [2.75, 3.05) is 5.33 Å². The van der Waals surface area contributed by atoms with Gasteiger partial charge >= 0.3 is 0 Å². The normalized spacial score (nSPS) is 23.9. The van der Waals surface area contributed by atoms with E-state index in [9.17, 15) is 4.79 Å². The second kappa shape index (κ2) is 5.87. The number of halogens is 1. The van der Waals surface area contributed by atoms with Crippen molar-refractivity contribution in [3.05, 3.63) is 17.5 Å². The molecule has 2 rings (SSSR count). The highest BCUT2D eigenvalue weighted by atomic mass is 79.9. The number of carbonyl (C=O) groups excluding carboxylic acids is 1. The molecule has 5 heteroatoms. The lowest BCUT2D eigenvalue weighted by Gasteiger charge is -2.30. The summed E-state index contributed by atoms with van der Waals surface area (Å²) in [6.45, 7) is 1.95. The minimum absolute atomic E-state index is 0.0449. The van der Waals surface area contributed by atoms with E-state index in [1.54, 1.807) is 4.68 Å². The summed E-state index contributed by atoms with van der Waals surface area (Å²) in [7, 11) is 1.86. The minimum Gasteiger partial charge on any atom is -0.348 e. The fourth-order valence-corrected chi connectivity index (χ4v) is 3.27. The van der Waals surface area contributed by atoms with Gasteiger partial charge < -0.3 is 5.32 Å². The molecule has 0 spiro atoms. The number of carbonyl (C=O) groups is 1. The number of hydrogen-bond acceptors (Lipinski definition) is 2. The van der Waals surface area contributed by atoms with Crippen LogP contribution in [0.2, 0.25) is 0 Å². The first-order chi connectivity index (χ1) is 8.61. The molecule has 0 radical (unpaired) electrons. The summed E-state index contributed by atoms with van der Waals surface area (Å²) < 4.78 is 1.73. The summed E-state index contributed by atoms with van der Waals surface area (Å²) in [6.07, 6.45) is 4.74. The first kappa shape index (κ1) is 13.6. The number of hydrogen-bond donors (Lipinski definition) is 1. The maximum absolute atomic E-state index is 12.1. The van der Waals surface area contributed by atoms with Crippen molar-refractivity contribution in [2.45, 2.75) is 38.6 Å². The van der Waals surface area contributed by atoms with E-state index in [0.29, 0.717) is 11.6 Å². The first-order valence-corrected chi connectivity index (χ1v) is 7.61. The minimum atomic E-state index is -0.0449. The van der Waals surface area contributed by atoms with Gasteiger partial charge in [0.25, 0.3) is 5.91 Å². The highest BCUT2D eigenvalue weighted by Gasteiger charge is 2.26. The molecule has 0 aromatic carbocycles. The molecule has 18 heavy (non-hydrogen) atoms. The predicted molar refractivity (Wildman–Crippen MR) is 75.0 cm³/mol. The van der Waals surface area contributed by atoms with E-state index >= 15 is 0 Å². The molecule has 1 saturated carbocycles. The largest absolute Gasteiger partial charge is 0.348 e. The zero-order valence-electron chi connectivity index (χ0n) is 10.9. The topological polar surface area (TPSA) is 46.9 Å². The Morgan fingerprint density at radius 1 is 1.56 bits per heavy atom. The summed E-state index contributed by atoms with van der Waals surface area (Å²) in [6, 6.07) is 2.12. The molecule has 1 aromatic heterocycles. The first-order valence-electron chi connectivity index (χ1n) is 6.49. The van der Waals surface area contributed by atoms with Gasteiger partial charge in [-0.1, -0.05) is 28.8 Å². The van der Waals surface area contributed by atoms with Crippen LogP contribution >= 0.6 is 15.9 Å². The summed E-state index contributed by atoms with van der Waals surface area (Å²) in [5.41, 5.74) is 1.52. The summed E-state index contributed by atoms with van der Waals surface area (Å²) in [5.74, 6) is 0.504. The maximum atomic E-state index is 12.1. The zero-order valence-corrected chi connectivity index (χ0v) is 12.5. The Hall–Kier alpha value is -0.840. The molecular formula is C13H20BrN3O. The van der Waals surface area contributed by atoms with E-state index in [1.807, 2.05) is 20.0 Å². The van der Waals surface area contributed by atoms with E-state index < -0.39 is 0 Å². The van der Waals surface area contributed by atoms with E-state index in [2.05, 4.69) is 26.3 Å². The summed E-state index contributed by atoms with van der Waals surface area (Å²) in [4.78, 5) is 12.1. The summed E-state index contributed by atoms with van der Waals surface area (Å²) in [5, 5.41) is 8.31. The number of rotatable bonds is 3. The van der Waals surface area contributed by atoms with Gasteiger partial charge in [0.1, 0.15) is 5.69 Å². The van der Waals surface area contributed by atoms with Crippen molar-refractivity contribution in [1.82, 2.24) is 15.1 Å². The fourth-order valence-electron chi connectivity index (χ4n) is 2.50. The average molecular weight is 314 g/mol. The fraction of sp³-hybridized carbons (Fsp3) is 0.692. The monoisotopic (exact) mass is 313 g/mol. The van der Waals surface area contributed by atoms with Gasteiger partial charge in [-0.05, 0) is 31.7 Å². The molecule has 1 aliphatic carbocycles. The molecule has 2 unspecified atom stereocenters. The van der Waals surface area contributed by atoms with Gasteiger partial charge in [0, 0.05) is 24.1 Å². The number of aryl methyl sites for hydroxylation is 2. The molecular weight excluding hydrogens is 294 g/mol. The number of aromatic nitrogens is 2. The molecule has 0 aliphatic heterocycles. The van der Waals surface area contributed by atoms with Crippen LogP contribution in [0.5, 0.6) is 0 Å². The van der Waals surface area contributed by atoms with Crippen molar-refractivity contribution in [3.8, 4) is 0 Å². The number of nitrogens with one attached hydrogen (secondary N) is 1. The zero-order chi connectivity index (χ0) is 13.1. The lowest BCUT2D eigenvalue weighted by molar-refractivity contribution is 0.0906. The second-order valence-corrected chi connectivity index (χ2v) is 5.72. The Balaban J connectivity index is 2.01. The molecule has 100 valence electrons. The second-order valence-electron chi connectivity index (χ2n) is 5.07. The van der Waals surface area contributed by atoms with Crippen LogP contribution in [0.1, 0.15) is 41.9 Å². The van der Waals surface area contributed by atoms with Gasteiger partial charge in [0.05, 0.1) is 0 Å². The van der Waals surface area contributed by atoms with E-state index in [-0.39, 0.29) is 11.9 Å². The Morgan fingerprint density at radius 3 is 2.89 bits per heavy atom. The standard InChI is InChI=1S/C13H20BrN3O/c1-9-7-12(16-17(9)2)13(18)15-11-6-4-3-5-10(11)8-14/h7,10-11H,3-6,8H2,1-2H3,(H,15,18). The van der Waals surface area contributed by atoms with Crippen LogP contribution in [0.3, 0.4) is 0 Å². The number of nitrogens with zero attached hydrogens (tertiary/aromatic N) is 2. The molecule has 1 amide bonds. The molecule has 1 aromatic rings. The molecule has 1 aliphatic rings. The highest BCUT2D eigenvalue weighted by molar-refractivity contribution is 9.09. The van der Waals surface area contributed by atoms with Crippen LogP contribution < -0.4 is 5.32 Å². The molecule has 1 N–H and O–H groups in total. The third-order valence-electron chi connectivity index (χ3n) is 3.77. The van der Waals surface area contributed by atoms with Crippen molar-refractivity contribution in [3.63, 3.8) is 0 Å². The van der Waals surface area contributed by atoms with Gasteiger partial charge in [-0.2, -0.15) is 5.10 Å². The molecule has 2 atom stereocenters. The van der Waals surface area contributed by atoms with Crippen molar-refractivity contribution in [2.24, 2.45) is 13.0 Å². The lowest BCUT2D eigenvalue weighted by atomic mass is 9.86. The van der Waals surface area contributed by atoms with E-state index in [1.165, 1.54) is 19.3 Å². The van der Waals surface area contributed by atoms with Crippen LogP contribution in [0.4, 0.5) is 0 Å². The Morgan fingerprint density at radius 2 is 2.28 bits per heavy atom. The predicted octanol–water partition coefficient (Wildman–Crippen LogP) is 2.41. The van der Waals surface area contributed by atoms with E-state index in [4.69, 9.17) is 0 Å². The molecule has 0 bridgehead atoms. The van der Waals surface area contributed by atoms with Gasteiger partial charge in [0.15, 0.2) is 0 Å². The van der Waals surface area contributed by atoms with Crippen LogP contribution in [0, 0.1) is 12.8 Å². The third-order valence-corrected chi connectivity index (χ3v) is 4.60.